The lowest BCUT2D eigenvalue weighted by Gasteiger charge is -2.32. The van der Waals surface area contributed by atoms with Crippen molar-refractivity contribution >= 4 is 5.78 Å². The number of carbonyl (C=O) groups excluding carboxylic acids is 1. The zero-order chi connectivity index (χ0) is 28.6. The Hall–Kier alpha value is -3.55. The molecule has 2 aliphatic rings. The quantitative estimate of drug-likeness (QED) is 0.307. The maximum Gasteiger partial charge on any atom is 0.203 e. The maximum atomic E-state index is 13.1. The molecular formula is C34H42N2O5. The van der Waals surface area contributed by atoms with Gasteiger partial charge in [-0.1, -0.05) is 42.5 Å². The van der Waals surface area contributed by atoms with E-state index in [0.29, 0.717) is 48.4 Å². The van der Waals surface area contributed by atoms with Crippen LogP contribution in [0.15, 0.2) is 60.7 Å². The second-order valence-electron chi connectivity index (χ2n) is 11.2. The van der Waals surface area contributed by atoms with Crippen molar-refractivity contribution < 1.29 is 23.7 Å². The van der Waals surface area contributed by atoms with Gasteiger partial charge in [-0.15, -0.1) is 0 Å². The lowest BCUT2D eigenvalue weighted by atomic mass is 9.89. The predicted molar refractivity (Wildman–Crippen MR) is 160 cm³/mol. The summed E-state index contributed by atoms with van der Waals surface area (Å²) in [6, 6.07) is 20.9. The minimum atomic E-state index is 0.323. The Balaban J connectivity index is 1.12. The van der Waals surface area contributed by atoms with Gasteiger partial charge < -0.3 is 18.9 Å². The highest BCUT2D eigenvalue weighted by Gasteiger charge is 2.23. The molecule has 7 nitrogen and oxygen atoms in total. The number of ether oxygens (including phenoxy) is 4. The SMILES string of the molecule is COc1cc(CN2CCC(CC(=O)Cc3ccc4c(c3)CN(Cc3ccccc3)CCO4)CC2)cc(OC)c1OC. The van der Waals surface area contributed by atoms with Gasteiger partial charge in [-0.3, -0.25) is 14.6 Å². The number of hydrogen-bond acceptors (Lipinski definition) is 7. The van der Waals surface area contributed by atoms with Crippen LogP contribution >= 0.6 is 0 Å². The van der Waals surface area contributed by atoms with E-state index in [2.05, 4.69) is 52.3 Å². The standard InChI is InChI=1S/C34H42N2O5/c1-38-32-20-28(21-33(39-2)34(32)40-3)23-35-13-11-25(12-14-35)18-30(37)19-27-9-10-31-29(17-27)24-36(15-16-41-31)22-26-7-5-4-6-8-26/h4-10,17,20-21,25H,11-16,18-19,22-24H2,1-3H3. The van der Waals surface area contributed by atoms with E-state index < -0.39 is 0 Å². The highest BCUT2D eigenvalue weighted by atomic mass is 16.5. The number of piperidine rings is 1. The molecule has 0 radical (unpaired) electrons. The van der Waals surface area contributed by atoms with Gasteiger partial charge >= 0.3 is 0 Å². The molecule has 2 aliphatic heterocycles. The van der Waals surface area contributed by atoms with Gasteiger partial charge in [0.15, 0.2) is 11.5 Å². The van der Waals surface area contributed by atoms with Crippen LogP contribution in [0.5, 0.6) is 23.0 Å². The molecule has 7 heteroatoms. The molecular weight excluding hydrogens is 516 g/mol. The van der Waals surface area contributed by atoms with Crippen LogP contribution in [0, 0.1) is 5.92 Å². The molecule has 0 spiro atoms. The first kappa shape index (κ1) is 29.0. The Morgan fingerprint density at radius 1 is 0.805 bits per heavy atom. The van der Waals surface area contributed by atoms with Gasteiger partial charge in [-0.25, -0.2) is 0 Å². The Bertz CT molecular complexity index is 1280. The van der Waals surface area contributed by atoms with Crippen molar-refractivity contribution in [2.45, 2.75) is 45.3 Å². The molecule has 0 unspecified atom stereocenters. The van der Waals surface area contributed by atoms with Crippen LogP contribution in [0.2, 0.25) is 0 Å². The average Bonchev–Trinajstić information content (AvgIpc) is 3.19. The second kappa shape index (κ2) is 13.9. The number of hydrogen-bond donors (Lipinski definition) is 0. The minimum Gasteiger partial charge on any atom is -0.493 e. The van der Waals surface area contributed by atoms with E-state index in [1.807, 2.05) is 18.2 Å². The monoisotopic (exact) mass is 558 g/mol. The smallest absolute Gasteiger partial charge is 0.203 e. The number of nitrogens with zero attached hydrogens (tertiary/aromatic N) is 2. The zero-order valence-corrected chi connectivity index (χ0v) is 24.6. The molecule has 0 N–H and O–H groups in total. The van der Waals surface area contributed by atoms with Crippen molar-refractivity contribution in [1.82, 2.24) is 9.80 Å². The number of Topliss-reactive ketones (excluding diaryl/α,β-unsaturated/α-hetero) is 1. The number of carbonyl (C=O) groups is 1. The van der Waals surface area contributed by atoms with Crippen LogP contribution in [-0.4, -0.2) is 63.2 Å². The van der Waals surface area contributed by atoms with E-state index in [4.69, 9.17) is 18.9 Å². The minimum absolute atomic E-state index is 0.323. The maximum absolute atomic E-state index is 13.1. The molecule has 2 heterocycles. The van der Waals surface area contributed by atoms with Crippen LogP contribution in [0.3, 0.4) is 0 Å². The van der Waals surface area contributed by atoms with Gasteiger partial charge in [0.2, 0.25) is 5.75 Å². The molecule has 1 saturated heterocycles. The van der Waals surface area contributed by atoms with E-state index in [-0.39, 0.29) is 0 Å². The van der Waals surface area contributed by atoms with Crippen LogP contribution in [0.1, 0.15) is 41.5 Å². The topological polar surface area (TPSA) is 60.5 Å². The summed E-state index contributed by atoms with van der Waals surface area (Å²) in [7, 11) is 4.90. The summed E-state index contributed by atoms with van der Waals surface area (Å²) in [4.78, 5) is 18.0. The summed E-state index contributed by atoms with van der Waals surface area (Å²) < 4.78 is 22.5. The van der Waals surface area contributed by atoms with Crippen LogP contribution in [-0.2, 0) is 30.8 Å². The van der Waals surface area contributed by atoms with Crippen LogP contribution < -0.4 is 18.9 Å². The first-order valence-corrected chi connectivity index (χ1v) is 14.6. The zero-order valence-electron chi connectivity index (χ0n) is 24.6. The van der Waals surface area contributed by atoms with Crippen LogP contribution in [0.4, 0.5) is 0 Å². The average molecular weight is 559 g/mol. The fraction of sp³-hybridized carbons (Fsp3) is 0.441. The molecule has 3 aromatic carbocycles. The number of rotatable bonds is 11. The number of fused-ring (bicyclic) bond motifs is 1. The summed E-state index contributed by atoms with van der Waals surface area (Å²) in [6.45, 7) is 6.05. The van der Waals surface area contributed by atoms with E-state index in [9.17, 15) is 4.79 Å². The van der Waals surface area contributed by atoms with Crippen molar-refractivity contribution in [1.29, 1.82) is 0 Å². The Morgan fingerprint density at radius 3 is 2.20 bits per heavy atom. The second-order valence-corrected chi connectivity index (χ2v) is 11.2. The Morgan fingerprint density at radius 2 is 1.51 bits per heavy atom. The first-order valence-electron chi connectivity index (χ1n) is 14.6. The summed E-state index contributed by atoms with van der Waals surface area (Å²) in [5.74, 6) is 3.66. The molecule has 0 amide bonds. The third kappa shape index (κ3) is 7.60. The number of methoxy groups -OCH3 is 3. The number of likely N-dealkylation sites (tertiary alicyclic amines) is 1. The largest absolute Gasteiger partial charge is 0.493 e. The Kier molecular flexibility index (Phi) is 9.80. The first-order chi connectivity index (χ1) is 20.0. The Labute approximate surface area is 244 Å². The van der Waals surface area contributed by atoms with E-state index in [0.717, 1.165) is 69.0 Å². The van der Waals surface area contributed by atoms with Gasteiger partial charge in [0.1, 0.15) is 18.1 Å². The molecule has 5 rings (SSSR count). The lowest BCUT2D eigenvalue weighted by Crippen LogP contribution is -2.34. The van der Waals surface area contributed by atoms with Crippen molar-refractivity contribution in [3.8, 4) is 23.0 Å². The van der Waals surface area contributed by atoms with E-state index >= 15 is 0 Å². The summed E-state index contributed by atoms with van der Waals surface area (Å²) in [6.07, 6.45) is 3.19. The molecule has 0 saturated carbocycles. The third-order valence-electron chi connectivity index (χ3n) is 8.19. The highest BCUT2D eigenvalue weighted by Crippen LogP contribution is 2.38. The number of benzene rings is 3. The van der Waals surface area contributed by atoms with Gasteiger partial charge in [-0.2, -0.15) is 0 Å². The predicted octanol–water partition coefficient (Wildman–Crippen LogP) is 5.52. The lowest BCUT2D eigenvalue weighted by molar-refractivity contribution is -0.119. The molecule has 0 atom stereocenters. The summed E-state index contributed by atoms with van der Waals surface area (Å²) in [5.41, 5.74) is 4.68. The molecule has 0 bridgehead atoms. The van der Waals surface area contributed by atoms with Gasteiger partial charge in [0, 0.05) is 44.6 Å². The summed E-state index contributed by atoms with van der Waals surface area (Å²) in [5, 5.41) is 0. The van der Waals surface area contributed by atoms with Crippen molar-refractivity contribution in [3.05, 3.63) is 82.9 Å². The normalized spacial score (nSPS) is 16.4. The van der Waals surface area contributed by atoms with Crippen LogP contribution in [0.25, 0.3) is 0 Å². The summed E-state index contributed by atoms with van der Waals surface area (Å²) >= 11 is 0. The van der Waals surface area contributed by atoms with E-state index in [1.165, 1.54) is 11.1 Å². The molecule has 3 aromatic rings. The fourth-order valence-electron chi connectivity index (χ4n) is 6.04. The molecule has 0 aliphatic carbocycles. The highest BCUT2D eigenvalue weighted by molar-refractivity contribution is 5.81. The van der Waals surface area contributed by atoms with Crippen molar-refractivity contribution in [2.75, 3.05) is 47.6 Å². The van der Waals surface area contributed by atoms with Crippen molar-refractivity contribution in [3.63, 3.8) is 0 Å². The van der Waals surface area contributed by atoms with Crippen molar-refractivity contribution in [2.24, 2.45) is 5.92 Å². The number of ketones is 1. The van der Waals surface area contributed by atoms with Gasteiger partial charge in [0.05, 0.1) is 21.3 Å². The van der Waals surface area contributed by atoms with Gasteiger partial charge in [-0.05, 0) is 66.7 Å². The van der Waals surface area contributed by atoms with E-state index in [1.54, 1.807) is 21.3 Å². The molecule has 41 heavy (non-hydrogen) atoms. The molecule has 218 valence electrons. The molecule has 0 aromatic heterocycles. The molecule has 1 fully saturated rings. The fourth-order valence-corrected chi connectivity index (χ4v) is 6.04. The van der Waals surface area contributed by atoms with Gasteiger partial charge in [0.25, 0.3) is 0 Å². The third-order valence-corrected chi connectivity index (χ3v) is 8.19.